The molecule has 5 rings (SSSR count). The fourth-order valence-electron chi connectivity index (χ4n) is 4.42. The summed E-state index contributed by atoms with van der Waals surface area (Å²) in [6, 6.07) is 14.8. The molecule has 2 aliphatic rings. The van der Waals surface area contributed by atoms with Gasteiger partial charge in [-0.25, -0.2) is 0 Å². The average molecular weight is 492 g/mol. The van der Waals surface area contributed by atoms with Gasteiger partial charge < -0.3 is 28.5 Å². The van der Waals surface area contributed by atoms with Gasteiger partial charge in [0.2, 0.25) is 5.91 Å². The van der Waals surface area contributed by atoms with Gasteiger partial charge in [-0.3, -0.25) is 9.59 Å². The lowest BCUT2D eigenvalue weighted by molar-refractivity contribution is -0.142. The van der Waals surface area contributed by atoms with E-state index in [1.807, 2.05) is 56.3 Å². The number of morpholine rings is 1. The van der Waals surface area contributed by atoms with Crippen LogP contribution in [0.25, 0.3) is 0 Å². The highest BCUT2D eigenvalue weighted by molar-refractivity contribution is 5.98. The summed E-state index contributed by atoms with van der Waals surface area (Å²) < 4.78 is 22.4. The molecular weight excluding hydrogens is 462 g/mol. The maximum absolute atomic E-state index is 13.4. The smallest absolute Gasteiger partial charge is 0.265 e. The number of anilines is 1. The van der Waals surface area contributed by atoms with Crippen molar-refractivity contribution in [3.8, 4) is 11.5 Å². The molecule has 36 heavy (non-hydrogen) atoms. The Balaban J connectivity index is 1.26. The number of aryl methyl sites for hydroxylation is 2. The lowest BCUT2D eigenvalue weighted by Crippen LogP contribution is -2.54. The summed E-state index contributed by atoms with van der Waals surface area (Å²) >= 11 is 0. The van der Waals surface area contributed by atoms with E-state index in [1.165, 1.54) is 0 Å². The van der Waals surface area contributed by atoms with Crippen molar-refractivity contribution in [3.05, 3.63) is 71.1 Å². The number of aromatic nitrogens is 1. The molecule has 0 bridgehead atoms. The van der Waals surface area contributed by atoms with Crippen molar-refractivity contribution in [1.82, 2.24) is 10.1 Å². The quantitative estimate of drug-likeness (QED) is 0.523. The van der Waals surface area contributed by atoms with E-state index in [4.69, 9.17) is 18.7 Å². The van der Waals surface area contributed by atoms with Crippen LogP contribution in [0.2, 0.25) is 0 Å². The number of hydrogen-bond acceptors (Lipinski definition) is 7. The fraction of sp³-hybridized carbons (Fsp3) is 0.370. The summed E-state index contributed by atoms with van der Waals surface area (Å²) in [5.41, 5.74) is 3.27. The summed E-state index contributed by atoms with van der Waals surface area (Å²) in [5.74, 6) is 1.75. The number of fused-ring (bicyclic) bond motifs is 1. The molecule has 188 valence electrons. The van der Waals surface area contributed by atoms with Crippen LogP contribution in [-0.2, 0) is 27.4 Å². The lowest BCUT2D eigenvalue weighted by atomic mass is 10.1. The molecule has 1 saturated heterocycles. The van der Waals surface area contributed by atoms with Crippen LogP contribution in [0.3, 0.4) is 0 Å². The number of nitrogens with zero attached hydrogens (tertiary/aromatic N) is 3. The van der Waals surface area contributed by atoms with E-state index in [0.29, 0.717) is 50.1 Å². The third-order valence-electron chi connectivity index (χ3n) is 6.52. The first-order chi connectivity index (χ1) is 17.5. The van der Waals surface area contributed by atoms with Crippen LogP contribution in [0.15, 0.2) is 53.1 Å². The molecule has 1 aromatic heterocycles. The molecule has 0 unspecified atom stereocenters. The number of hydrogen-bond donors (Lipinski definition) is 0. The lowest BCUT2D eigenvalue weighted by Gasteiger charge is -2.37. The molecular formula is C27H29N3O6. The first kappa shape index (κ1) is 23.9. The van der Waals surface area contributed by atoms with Gasteiger partial charge in [0.25, 0.3) is 5.91 Å². The van der Waals surface area contributed by atoms with Crippen LogP contribution in [0.5, 0.6) is 11.5 Å². The first-order valence-corrected chi connectivity index (χ1v) is 12.1. The van der Waals surface area contributed by atoms with Gasteiger partial charge in [0.15, 0.2) is 6.10 Å². The van der Waals surface area contributed by atoms with Crippen molar-refractivity contribution in [2.75, 3.05) is 37.7 Å². The van der Waals surface area contributed by atoms with Gasteiger partial charge >= 0.3 is 0 Å². The topological polar surface area (TPSA) is 94.3 Å². The summed E-state index contributed by atoms with van der Waals surface area (Å²) in [5, 5.41) is 3.94. The third kappa shape index (κ3) is 5.06. The molecule has 3 heterocycles. The molecule has 1 fully saturated rings. The third-order valence-corrected chi connectivity index (χ3v) is 6.52. The SMILES string of the molecule is Cc1noc(C)c1COc1ccc(CC(=O)N2C[C@H](C(=O)N3CCOCC3)Oc3ccccc32)cc1. The van der Waals surface area contributed by atoms with Gasteiger partial charge in [-0.05, 0) is 43.7 Å². The minimum absolute atomic E-state index is 0.102. The van der Waals surface area contributed by atoms with Crippen molar-refractivity contribution >= 4 is 17.5 Å². The van der Waals surface area contributed by atoms with Crippen molar-refractivity contribution in [1.29, 1.82) is 0 Å². The second-order valence-electron chi connectivity index (χ2n) is 8.93. The first-order valence-electron chi connectivity index (χ1n) is 12.1. The second-order valence-corrected chi connectivity index (χ2v) is 8.93. The van der Waals surface area contributed by atoms with Crippen LogP contribution in [0, 0.1) is 13.8 Å². The van der Waals surface area contributed by atoms with Crippen molar-refractivity contribution in [3.63, 3.8) is 0 Å². The number of ether oxygens (including phenoxy) is 3. The number of rotatable bonds is 6. The molecule has 2 amide bonds. The Morgan fingerprint density at radius 3 is 2.53 bits per heavy atom. The summed E-state index contributed by atoms with van der Waals surface area (Å²) in [6.45, 7) is 6.35. The normalized spacial score (nSPS) is 17.3. The van der Waals surface area contributed by atoms with Gasteiger partial charge in [-0.2, -0.15) is 0 Å². The fourth-order valence-corrected chi connectivity index (χ4v) is 4.42. The molecule has 9 nitrogen and oxygen atoms in total. The Morgan fingerprint density at radius 1 is 1.06 bits per heavy atom. The Morgan fingerprint density at radius 2 is 1.81 bits per heavy atom. The Labute approximate surface area is 209 Å². The predicted octanol–water partition coefficient (Wildman–Crippen LogP) is 3.07. The minimum Gasteiger partial charge on any atom is -0.489 e. The molecule has 3 aromatic rings. The van der Waals surface area contributed by atoms with E-state index in [0.717, 1.165) is 22.6 Å². The number of benzene rings is 2. The van der Waals surface area contributed by atoms with Crippen molar-refractivity contribution in [2.45, 2.75) is 33.0 Å². The predicted molar refractivity (Wildman–Crippen MR) is 131 cm³/mol. The molecule has 2 aliphatic heterocycles. The van der Waals surface area contributed by atoms with Gasteiger partial charge in [-0.1, -0.05) is 29.4 Å². The maximum Gasteiger partial charge on any atom is 0.265 e. The monoisotopic (exact) mass is 491 g/mol. The van der Waals surface area contributed by atoms with Gasteiger partial charge in [0, 0.05) is 13.1 Å². The van der Waals surface area contributed by atoms with E-state index in [2.05, 4.69) is 5.16 Å². The minimum atomic E-state index is -0.748. The number of amides is 2. The molecule has 1 atom stereocenters. The number of para-hydroxylation sites is 2. The zero-order valence-corrected chi connectivity index (χ0v) is 20.4. The molecule has 0 aliphatic carbocycles. The van der Waals surface area contributed by atoms with Gasteiger partial charge in [0.05, 0.1) is 43.1 Å². The van der Waals surface area contributed by atoms with Gasteiger partial charge in [-0.15, -0.1) is 0 Å². The maximum atomic E-state index is 13.4. The molecule has 9 heteroatoms. The molecule has 0 radical (unpaired) electrons. The second kappa shape index (κ2) is 10.4. The summed E-state index contributed by atoms with van der Waals surface area (Å²) in [7, 11) is 0. The van der Waals surface area contributed by atoms with Crippen molar-refractivity contribution < 1.29 is 28.3 Å². The van der Waals surface area contributed by atoms with Crippen LogP contribution in [0.4, 0.5) is 5.69 Å². The molecule has 0 saturated carbocycles. The standard InChI is InChI=1S/C27H29N3O6/c1-18-22(19(2)36-28-18)17-34-21-9-7-20(8-10-21)15-26(31)30-16-25(27(32)29-11-13-33-14-12-29)35-24-6-4-3-5-23(24)30/h3-10,25H,11-17H2,1-2H3/t25-/m1/s1. The summed E-state index contributed by atoms with van der Waals surface area (Å²) in [6.07, 6.45) is -0.557. The van der Waals surface area contributed by atoms with E-state index in [1.54, 1.807) is 15.9 Å². The van der Waals surface area contributed by atoms with Crippen LogP contribution in [0.1, 0.15) is 22.6 Å². The molecule has 0 N–H and O–H groups in total. The Kier molecular flexibility index (Phi) is 6.90. The van der Waals surface area contributed by atoms with E-state index >= 15 is 0 Å². The van der Waals surface area contributed by atoms with Crippen LogP contribution >= 0.6 is 0 Å². The van der Waals surface area contributed by atoms with Crippen LogP contribution in [-0.4, -0.2) is 60.8 Å². The Hall–Kier alpha value is -3.85. The largest absolute Gasteiger partial charge is 0.489 e. The number of carbonyl (C=O) groups is 2. The van der Waals surface area contributed by atoms with Crippen LogP contribution < -0.4 is 14.4 Å². The number of carbonyl (C=O) groups excluding carboxylic acids is 2. The average Bonchev–Trinajstić information content (AvgIpc) is 3.24. The Bertz CT molecular complexity index is 1210. The van der Waals surface area contributed by atoms with Gasteiger partial charge in [0.1, 0.15) is 23.9 Å². The zero-order valence-electron chi connectivity index (χ0n) is 20.4. The molecule has 2 aromatic carbocycles. The highest BCUT2D eigenvalue weighted by Gasteiger charge is 2.36. The van der Waals surface area contributed by atoms with E-state index < -0.39 is 6.10 Å². The van der Waals surface area contributed by atoms with E-state index in [-0.39, 0.29) is 24.8 Å². The molecule has 0 spiro atoms. The van der Waals surface area contributed by atoms with E-state index in [9.17, 15) is 9.59 Å². The highest BCUT2D eigenvalue weighted by atomic mass is 16.5. The zero-order chi connectivity index (χ0) is 25.1. The van der Waals surface area contributed by atoms with Crippen molar-refractivity contribution in [2.24, 2.45) is 0 Å². The highest BCUT2D eigenvalue weighted by Crippen LogP contribution is 2.34. The summed E-state index contributed by atoms with van der Waals surface area (Å²) in [4.78, 5) is 29.9.